The van der Waals surface area contributed by atoms with Crippen LogP contribution in [0.3, 0.4) is 0 Å². The van der Waals surface area contributed by atoms with E-state index >= 15 is 0 Å². The molecule has 3 aromatic rings. The SMILES string of the molecule is Cn1c(=O)[nH]c(S)c(C(=N)CC(=O)Nc2nc(-c3ccc(C(F)(F)F)cc3F)cs2)c1=O. The van der Waals surface area contributed by atoms with Crippen LogP contribution in [0.25, 0.3) is 11.3 Å². The Kier molecular flexibility index (Phi) is 6.37. The highest BCUT2D eigenvalue weighted by Gasteiger charge is 2.31. The standard InChI is InChI=1S/C18H13F4N5O3S2/c1-27-15(29)13(14(31)26-17(27)30)10(23)5-12(28)25-16-24-11(6-32-16)8-3-2-7(4-9(8)19)18(20,21)22/h2-4,6,23,31H,5H2,1H3,(H,26,30)(H,24,25,28). The van der Waals surface area contributed by atoms with Gasteiger partial charge in [0.2, 0.25) is 5.91 Å². The van der Waals surface area contributed by atoms with Crippen molar-refractivity contribution in [3.05, 3.63) is 61.4 Å². The van der Waals surface area contributed by atoms with Crippen LogP contribution >= 0.6 is 24.0 Å². The van der Waals surface area contributed by atoms with Crippen LogP contribution < -0.4 is 16.6 Å². The van der Waals surface area contributed by atoms with Gasteiger partial charge in [0.15, 0.2) is 5.13 Å². The molecule has 0 fully saturated rings. The number of aromatic amines is 1. The van der Waals surface area contributed by atoms with Crippen LogP contribution in [0.15, 0.2) is 38.2 Å². The molecule has 3 N–H and O–H groups in total. The smallest absolute Gasteiger partial charge is 0.304 e. The number of rotatable bonds is 5. The molecule has 1 amide bonds. The number of aromatic nitrogens is 3. The molecular formula is C18H13F4N5O3S2. The molecule has 0 aliphatic heterocycles. The number of hydrogen-bond acceptors (Lipinski definition) is 7. The number of thiazole rings is 1. The molecule has 0 atom stereocenters. The number of benzene rings is 1. The molecule has 0 saturated heterocycles. The first-order chi connectivity index (χ1) is 14.9. The van der Waals surface area contributed by atoms with Crippen LogP contribution in [0.4, 0.5) is 22.7 Å². The molecule has 14 heteroatoms. The Morgan fingerprint density at radius 3 is 2.66 bits per heavy atom. The van der Waals surface area contributed by atoms with Crippen molar-refractivity contribution in [2.75, 3.05) is 5.32 Å². The van der Waals surface area contributed by atoms with Crippen LogP contribution in [-0.4, -0.2) is 26.2 Å². The minimum atomic E-state index is -4.69. The number of halogens is 4. The zero-order valence-corrected chi connectivity index (χ0v) is 17.7. The summed E-state index contributed by atoms with van der Waals surface area (Å²) in [6, 6.07) is 2.01. The van der Waals surface area contributed by atoms with Gasteiger partial charge in [-0.05, 0) is 18.2 Å². The topological polar surface area (TPSA) is 121 Å². The van der Waals surface area contributed by atoms with Crippen LogP contribution in [-0.2, 0) is 18.0 Å². The van der Waals surface area contributed by atoms with Gasteiger partial charge in [-0.3, -0.25) is 14.2 Å². The maximum Gasteiger partial charge on any atom is 0.416 e. The molecule has 3 rings (SSSR count). The Balaban J connectivity index is 1.75. The number of amides is 1. The third kappa shape index (κ3) is 4.80. The van der Waals surface area contributed by atoms with Gasteiger partial charge in [-0.1, -0.05) is 0 Å². The molecule has 0 aliphatic rings. The summed E-state index contributed by atoms with van der Waals surface area (Å²) in [4.78, 5) is 42.2. The van der Waals surface area contributed by atoms with Crippen LogP contribution in [0, 0.1) is 11.2 Å². The quantitative estimate of drug-likeness (QED) is 0.191. The number of thiol groups is 1. The molecule has 0 unspecified atom stereocenters. The number of H-pyrrole nitrogens is 1. The lowest BCUT2D eigenvalue weighted by molar-refractivity contribution is -0.137. The first-order valence-corrected chi connectivity index (χ1v) is 9.93. The largest absolute Gasteiger partial charge is 0.416 e. The average Bonchev–Trinajstić information content (AvgIpc) is 3.13. The molecule has 1 aromatic carbocycles. The van der Waals surface area contributed by atoms with Crippen molar-refractivity contribution < 1.29 is 22.4 Å². The molecule has 32 heavy (non-hydrogen) atoms. The van der Waals surface area contributed by atoms with Crippen LogP contribution in [0.1, 0.15) is 17.5 Å². The highest BCUT2D eigenvalue weighted by Crippen LogP contribution is 2.33. The number of hydrogen-bond donors (Lipinski definition) is 4. The summed E-state index contributed by atoms with van der Waals surface area (Å²) in [5.41, 5.74) is -3.50. The van der Waals surface area contributed by atoms with E-state index in [1.54, 1.807) is 0 Å². The zero-order valence-electron chi connectivity index (χ0n) is 16.0. The maximum absolute atomic E-state index is 14.1. The molecular weight excluding hydrogens is 474 g/mol. The van der Waals surface area contributed by atoms with Gasteiger partial charge in [0.1, 0.15) is 5.82 Å². The summed E-state index contributed by atoms with van der Waals surface area (Å²) in [6.07, 6.45) is -5.25. The van der Waals surface area contributed by atoms with Crippen LogP contribution in [0.5, 0.6) is 0 Å². The molecule has 0 aliphatic carbocycles. The number of nitrogens with zero attached hydrogens (tertiary/aromatic N) is 2. The Morgan fingerprint density at radius 2 is 2.03 bits per heavy atom. The van der Waals surface area contributed by atoms with E-state index in [9.17, 15) is 31.9 Å². The Hall–Kier alpha value is -3.26. The minimum absolute atomic E-state index is 0.0116. The van der Waals surface area contributed by atoms with Crippen molar-refractivity contribution in [2.24, 2.45) is 7.05 Å². The van der Waals surface area contributed by atoms with Gasteiger partial charge < -0.3 is 15.7 Å². The number of carbonyl (C=O) groups is 1. The van der Waals surface area contributed by atoms with E-state index in [0.717, 1.165) is 28.0 Å². The number of nitrogens with one attached hydrogen (secondary N) is 3. The summed E-state index contributed by atoms with van der Waals surface area (Å²) in [5, 5.41) is 11.6. The van der Waals surface area contributed by atoms with Gasteiger partial charge in [0.05, 0.1) is 34.0 Å². The summed E-state index contributed by atoms with van der Waals surface area (Å²) >= 11 is 4.86. The fourth-order valence-corrected chi connectivity index (χ4v) is 3.70. The van der Waals surface area contributed by atoms with E-state index in [4.69, 9.17) is 5.41 Å². The van der Waals surface area contributed by atoms with Crippen molar-refractivity contribution in [1.29, 1.82) is 5.41 Å². The summed E-state index contributed by atoms with van der Waals surface area (Å²) in [6.45, 7) is 0. The number of anilines is 1. The molecule has 2 heterocycles. The maximum atomic E-state index is 14.1. The molecule has 168 valence electrons. The van der Waals surface area contributed by atoms with Gasteiger partial charge >= 0.3 is 11.9 Å². The van der Waals surface area contributed by atoms with Gasteiger partial charge in [0, 0.05) is 18.0 Å². The predicted molar refractivity (Wildman–Crippen MR) is 112 cm³/mol. The molecule has 0 radical (unpaired) electrons. The van der Waals surface area contributed by atoms with E-state index in [2.05, 4.69) is 27.9 Å². The molecule has 8 nitrogen and oxygen atoms in total. The lowest BCUT2D eigenvalue weighted by atomic mass is 10.1. The highest BCUT2D eigenvalue weighted by molar-refractivity contribution is 7.80. The number of alkyl halides is 3. The zero-order chi connectivity index (χ0) is 23.8. The summed E-state index contributed by atoms with van der Waals surface area (Å²) < 4.78 is 52.9. The molecule has 0 spiro atoms. The third-order valence-electron chi connectivity index (χ3n) is 4.25. The van der Waals surface area contributed by atoms with Crippen molar-refractivity contribution in [3.63, 3.8) is 0 Å². The van der Waals surface area contributed by atoms with Crippen LogP contribution in [0.2, 0.25) is 0 Å². The molecule has 0 bridgehead atoms. The monoisotopic (exact) mass is 487 g/mol. The fraction of sp³-hybridized carbons (Fsp3) is 0.167. The lowest BCUT2D eigenvalue weighted by Crippen LogP contribution is -2.37. The van der Waals surface area contributed by atoms with Gasteiger partial charge in [-0.15, -0.1) is 24.0 Å². The summed E-state index contributed by atoms with van der Waals surface area (Å²) in [7, 11) is 1.20. The van der Waals surface area contributed by atoms with Crippen molar-refractivity contribution in [2.45, 2.75) is 17.6 Å². The first kappa shape index (κ1) is 23.4. The minimum Gasteiger partial charge on any atom is -0.304 e. The predicted octanol–water partition coefficient (Wildman–Crippen LogP) is 3.04. The second kappa shape index (κ2) is 8.70. The Bertz CT molecular complexity index is 1340. The second-order valence-electron chi connectivity index (χ2n) is 6.45. The van der Waals surface area contributed by atoms with E-state index in [1.807, 2.05) is 0 Å². The average molecular weight is 487 g/mol. The summed E-state index contributed by atoms with van der Waals surface area (Å²) in [5.74, 6) is -1.86. The Morgan fingerprint density at radius 1 is 1.34 bits per heavy atom. The van der Waals surface area contributed by atoms with Gasteiger partial charge in [-0.25, -0.2) is 14.2 Å². The van der Waals surface area contributed by atoms with E-state index < -0.39 is 46.8 Å². The van der Waals surface area contributed by atoms with E-state index in [0.29, 0.717) is 6.07 Å². The molecule has 2 aromatic heterocycles. The third-order valence-corrected chi connectivity index (χ3v) is 5.34. The first-order valence-electron chi connectivity index (χ1n) is 8.61. The van der Waals surface area contributed by atoms with E-state index in [-0.39, 0.29) is 27.0 Å². The second-order valence-corrected chi connectivity index (χ2v) is 7.76. The van der Waals surface area contributed by atoms with E-state index in [1.165, 1.54) is 12.4 Å². The van der Waals surface area contributed by atoms with Crippen molar-refractivity contribution in [1.82, 2.24) is 14.5 Å². The van der Waals surface area contributed by atoms with Crippen molar-refractivity contribution in [3.8, 4) is 11.3 Å². The van der Waals surface area contributed by atoms with Crippen molar-refractivity contribution >= 4 is 40.7 Å². The Labute approximate surface area is 185 Å². The fourth-order valence-electron chi connectivity index (χ4n) is 2.65. The lowest BCUT2D eigenvalue weighted by Gasteiger charge is -2.08. The van der Waals surface area contributed by atoms with Gasteiger partial charge in [-0.2, -0.15) is 13.2 Å². The molecule has 0 saturated carbocycles. The highest BCUT2D eigenvalue weighted by atomic mass is 32.1. The van der Waals surface area contributed by atoms with Gasteiger partial charge in [0.25, 0.3) is 5.56 Å². The normalized spacial score (nSPS) is 11.4. The number of carbonyl (C=O) groups excluding carboxylic acids is 1.